The van der Waals surface area contributed by atoms with Gasteiger partial charge in [0.25, 0.3) is 0 Å². The molecule has 2 heterocycles. The highest BCUT2D eigenvalue weighted by Gasteiger charge is 2.22. The average Bonchev–Trinajstić information content (AvgIpc) is 3.17. The van der Waals surface area contributed by atoms with E-state index in [0.717, 1.165) is 31.6 Å². The van der Waals surface area contributed by atoms with Gasteiger partial charge in [-0.3, -0.25) is 9.59 Å². The molecule has 56 heavy (non-hydrogen) atoms. The largest absolute Gasteiger partial charge is 0.494 e. The Morgan fingerprint density at radius 1 is 0.839 bits per heavy atom. The van der Waals surface area contributed by atoms with Gasteiger partial charge in [-0.25, -0.2) is 4.98 Å². The van der Waals surface area contributed by atoms with Crippen LogP contribution in [0.5, 0.6) is 5.75 Å². The van der Waals surface area contributed by atoms with Gasteiger partial charge in [0.1, 0.15) is 17.9 Å². The molecule has 0 atom stereocenters. The highest BCUT2D eigenvalue weighted by molar-refractivity contribution is 7.70. The first-order valence-corrected chi connectivity index (χ1v) is 21.6. The summed E-state index contributed by atoms with van der Waals surface area (Å²) in [4.78, 5) is 34.4. The van der Waals surface area contributed by atoms with Gasteiger partial charge in [0, 0.05) is 49.0 Å². The molecule has 5 N–H and O–H groups in total. The van der Waals surface area contributed by atoms with Crippen LogP contribution < -0.4 is 36.6 Å². The number of ether oxygens (including phenoxy) is 6. The molecule has 2 amide bonds. The molecule has 1 fully saturated rings. The summed E-state index contributed by atoms with van der Waals surface area (Å²) >= 11 is 6.44. The number of amides is 2. The quantitative estimate of drug-likeness (QED) is 0.0661. The molecular weight excluding hydrogens is 765 g/mol. The maximum Gasteiger partial charge on any atom is 0.229 e. The fraction of sp³-hybridized carbons (Fsp3) is 0.526. The number of carbonyl (C=O) groups is 2. The van der Waals surface area contributed by atoms with E-state index < -0.39 is 7.14 Å². The average molecular weight is 820 g/mol. The van der Waals surface area contributed by atoms with Gasteiger partial charge in [-0.1, -0.05) is 23.7 Å². The van der Waals surface area contributed by atoms with E-state index in [-0.39, 0.29) is 30.7 Å². The first-order chi connectivity index (χ1) is 27.0. The van der Waals surface area contributed by atoms with Crippen LogP contribution in [-0.4, -0.2) is 127 Å². The van der Waals surface area contributed by atoms with Crippen molar-refractivity contribution in [2.45, 2.75) is 31.7 Å². The summed E-state index contributed by atoms with van der Waals surface area (Å²) in [6.07, 6.45) is 3.62. The van der Waals surface area contributed by atoms with Crippen molar-refractivity contribution in [2.24, 2.45) is 5.73 Å². The second kappa shape index (κ2) is 23.9. The Morgan fingerprint density at radius 3 is 2.02 bits per heavy atom. The standard InChI is InChI=1S/C38H55ClN7O9P/c1-50-33-26-29(8-9-31(33)44-38-41-27-30(39)37(45-38)43-32-6-4-5-7-34(32)56(2,3)49)46-14-10-28(11-15-46)42-36(48)13-17-52-19-21-54-23-25-55-24-22-53-20-18-51-16-12-35(40)47/h4-9,26-28H,10-25H2,1-3H3,(H2,40,47)(H,42,48)(H2,41,43,44,45). The summed E-state index contributed by atoms with van der Waals surface area (Å²) in [5.41, 5.74) is 7.39. The number of hydrogen-bond acceptors (Lipinski definition) is 14. The smallest absolute Gasteiger partial charge is 0.229 e. The minimum atomic E-state index is -2.55. The van der Waals surface area contributed by atoms with Gasteiger partial charge in [-0.15, -0.1) is 0 Å². The maximum atomic E-state index is 12.9. The third-order valence-electron chi connectivity index (χ3n) is 8.59. The minimum Gasteiger partial charge on any atom is -0.494 e. The number of hydrogen-bond donors (Lipinski definition) is 4. The molecule has 0 bridgehead atoms. The number of piperidine rings is 1. The lowest BCUT2D eigenvalue weighted by Crippen LogP contribution is -2.44. The van der Waals surface area contributed by atoms with Crippen LogP contribution in [0.1, 0.15) is 25.7 Å². The summed E-state index contributed by atoms with van der Waals surface area (Å²) < 4.78 is 45.7. The van der Waals surface area contributed by atoms with Crippen molar-refractivity contribution in [3.63, 3.8) is 0 Å². The van der Waals surface area contributed by atoms with Crippen LogP contribution in [0.4, 0.5) is 28.8 Å². The van der Waals surface area contributed by atoms with Crippen molar-refractivity contribution in [3.8, 4) is 5.75 Å². The lowest BCUT2D eigenvalue weighted by Gasteiger charge is -2.34. The Labute approximate surface area is 333 Å². The van der Waals surface area contributed by atoms with E-state index in [9.17, 15) is 14.2 Å². The molecule has 0 radical (unpaired) electrons. The van der Waals surface area contributed by atoms with E-state index in [1.807, 2.05) is 42.5 Å². The number of aromatic nitrogens is 2. The number of rotatable bonds is 26. The fourth-order valence-electron chi connectivity index (χ4n) is 5.69. The minimum absolute atomic E-state index is 0.0305. The predicted molar refractivity (Wildman–Crippen MR) is 218 cm³/mol. The normalized spacial score (nSPS) is 13.4. The van der Waals surface area contributed by atoms with E-state index in [1.165, 1.54) is 6.20 Å². The molecule has 1 aliphatic heterocycles. The molecule has 1 saturated heterocycles. The lowest BCUT2D eigenvalue weighted by atomic mass is 10.0. The molecule has 4 rings (SSSR count). The molecule has 2 aromatic carbocycles. The molecule has 1 aliphatic rings. The highest BCUT2D eigenvalue weighted by atomic mass is 35.5. The topological polar surface area (TPSA) is 198 Å². The zero-order valence-corrected chi connectivity index (χ0v) is 34.1. The van der Waals surface area contributed by atoms with E-state index in [0.29, 0.717) is 105 Å². The zero-order chi connectivity index (χ0) is 40.2. The zero-order valence-electron chi connectivity index (χ0n) is 32.4. The van der Waals surface area contributed by atoms with Gasteiger partial charge in [0.05, 0.1) is 90.8 Å². The summed E-state index contributed by atoms with van der Waals surface area (Å²) in [7, 11) is -0.944. The molecule has 0 aliphatic carbocycles. The number of benzene rings is 2. The predicted octanol–water partition coefficient (Wildman–Crippen LogP) is 4.31. The number of carbonyl (C=O) groups excluding carboxylic acids is 2. The van der Waals surface area contributed by atoms with Crippen LogP contribution in [0, 0.1) is 0 Å². The van der Waals surface area contributed by atoms with Gasteiger partial charge >= 0.3 is 0 Å². The first kappa shape index (κ1) is 44.7. The summed E-state index contributed by atoms with van der Waals surface area (Å²) in [6.45, 7) is 9.01. The second-order valence-electron chi connectivity index (χ2n) is 13.2. The van der Waals surface area contributed by atoms with E-state index in [1.54, 1.807) is 20.4 Å². The van der Waals surface area contributed by atoms with Gasteiger partial charge in [0.2, 0.25) is 17.8 Å². The molecule has 0 spiro atoms. The molecule has 1 aromatic heterocycles. The van der Waals surface area contributed by atoms with E-state index in [2.05, 4.69) is 30.8 Å². The van der Waals surface area contributed by atoms with Crippen molar-refractivity contribution in [1.82, 2.24) is 15.3 Å². The van der Waals surface area contributed by atoms with Crippen molar-refractivity contribution < 1.29 is 42.6 Å². The summed E-state index contributed by atoms with van der Waals surface area (Å²) in [5.74, 6) is 0.893. The van der Waals surface area contributed by atoms with Gasteiger partial charge in [-0.05, 0) is 50.4 Å². The molecule has 308 valence electrons. The van der Waals surface area contributed by atoms with Gasteiger partial charge < -0.3 is 59.6 Å². The third kappa shape index (κ3) is 15.8. The fourth-order valence-corrected chi connectivity index (χ4v) is 6.99. The number of primary amides is 1. The van der Waals surface area contributed by atoms with E-state index in [4.69, 9.17) is 45.8 Å². The number of nitrogens with two attached hydrogens (primary N) is 1. The third-order valence-corrected chi connectivity index (χ3v) is 10.4. The number of para-hydroxylation sites is 1. The van der Waals surface area contributed by atoms with Gasteiger partial charge in [0.15, 0.2) is 5.82 Å². The molecule has 18 heteroatoms. The Bertz CT molecular complexity index is 1730. The van der Waals surface area contributed by atoms with Crippen LogP contribution in [0.25, 0.3) is 0 Å². The van der Waals surface area contributed by atoms with Crippen LogP contribution in [0.2, 0.25) is 5.02 Å². The number of nitrogens with one attached hydrogen (secondary N) is 3. The molecule has 16 nitrogen and oxygen atoms in total. The van der Waals surface area contributed by atoms with Crippen LogP contribution in [0.15, 0.2) is 48.7 Å². The molecule has 0 unspecified atom stereocenters. The van der Waals surface area contributed by atoms with Crippen molar-refractivity contribution in [1.29, 1.82) is 0 Å². The molecule has 0 saturated carbocycles. The van der Waals surface area contributed by atoms with Gasteiger partial charge in [-0.2, -0.15) is 4.98 Å². The molecular formula is C38H55ClN7O9P. The van der Waals surface area contributed by atoms with E-state index >= 15 is 0 Å². The molecule has 3 aromatic rings. The lowest BCUT2D eigenvalue weighted by molar-refractivity contribution is -0.123. The van der Waals surface area contributed by atoms with Crippen molar-refractivity contribution in [2.75, 3.05) is 115 Å². The van der Waals surface area contributed by atoms with Crippen molar-refractivity contribution in [3.05, 3.63) is 53.7 Å². The number of halogens is 1. The highest BCUT2D eigenvalue weighted by Crippen LogP contribution is 2.39. The van der Waals surface area contributed by atoms with Crippen molar-refractivity contribution >= 4 is 64.7 Å². The Balaban J connectivity index is 1.09. The summed E-state index contributed by atoms with van der Waals surface area (Å²) in [6, 6.07) is 13.4. The number of methoxy groups -OCH3 is 1. The Hall–Kier alpha value is -4.02. The van der Waals surface area contributed by atoms with Crippen LogP contribution >= 0.6 is 18.7 Å². The number of anilines is 5. The van der Waals surface area contributed by atoms with Crippen LogP contribution in [0.3, 0.4) is 0 Å². The Kier molecular flexibility index (Phi) is 19.1. The first-order valence-electron chi connectivity index (χ1n) is 18.6. The Morgan fingerprint density at radius 2 is 1.43 bits per heavy atom. The second-order valence-corrected chi connectivity index (χ2v) is 16.8. The van der Waals surface area contributed by atoms with Crippen LogP contribution in [-0.2, 0) is 37.8 Å². The SMILES string of the molecule is COc1cc(N2CCC(NC(=O)CCOCCOCCOCCOCCOCCC(N)=O)CC2)ccc1Nc1ncc(Cl)c(Nc2ccccc2P(C)(C)=O)n1. The maximum absolute atomic E-state index is 12.9. The summed E-state index contributed by atoms with van der Waals surface area (Å²) in [5, 5.41) is 10.6. The number of nitrogens with zero attached hydrogens (tertiary/aromatic N) is 3. The monoisotopic (exact) mass is 819 g/mol.